The number of rotatable bonds is 4. The predicted octanol–water partition coefficient (Wildman–Crippen LogP) is 2.50. The van der Waals surface area contributed by atoms with E-state index in [4.69, 9.17) is 9.90 Å². The zero-order valence-corrected chi connectivity index (χ0v) is 17.1. The van der Waals surface area contributed by atoms with Gasteiger partial charge in [0, 0.05) is 25.0 Å². The van der Waals surface area contributed by atoms with Crippen LogP contribution in [0.2, 0.25) is 0 Å². The van der Waals surface area contributed by atoms with Gasteiger partial charge in [0.15, 0.2) is 0 Å². The van der Waals surface area contributed by atoms with E-state index in [1.54, 1.807) is 24.0 Å². The van der Waals surface area contributed by atoms with Crippen LogP contribution in [0.3, 0.4) is 0 Å². The topological polar surface area (TPSA) is 102 Å². The maximum absolute atomic E-state index is 10.6. The third kappa shape index (κ3) is 5.21. The van der Waals surface area contributed by atoms with E-state index in [0.717, 1.165) is 36.2 Å². The molecular formula is C17H20F3N7O2S. The molecule has 4 rings (SSSR count). The standard InChI is InChI=1S/C15H19N7S.C2HF3O2/c1-11-15-17-5-14(7-21-10-16-9-18-21)22(15)4-3-20(11)6-13-8-23-12(2)19-13;3-2(4,5)1(6)7/h5,8-11H,3-4,6-7H2,1-2H3;(H,6,7). The first-order valence-electron chi connectivity index (χ1n) is 8.97. The summed E-state index contributed by atoms with van der Waals surface area (Å²) < 4.78 is 35.9. The Morgan fingerprint density at radius 1 is 1.33 bits per heavy atom. The van der Waals surface area contributed by atoms with Gasteiger partial charge in [0.2, 0.25) is 0 Å². The summed E-state index contributed by atoms with van der Waals surface area (Å²) in [5.74, 6) is -1.63. The molecule has 0 amide bonds. The van der Waals surface area contributed by atoms with Crippen LogP contribution < -0.4 is 0 Å². The summed E-state index contributed by atoms with van der Waals surface area (Å²) in [4.78, 5) is 24.6. The van der Waals surface area contributed by atoms with Crippen LogP contribution in [0.5, 0.6) is 0 Å². The summed E-state index contributed by atoms with van der Waals surface area (Å²) in [6, 6.07) is 0.287. The smallest absolute Gasteiger partial charge is 0.475 e. The maximum Gasteiger partial charge on any atom is 0.490 e. The third-order valence-electron chi connectivity index (χ3n) is 4.57. The number of carbonyl (C=O) groups is 1. The fourth-order valence-electron chi connectivity index (χ4n) is 3.12. The minimum Gasteiger partial charge on any atom is -0.475 e. The van der Waals surface area contributed by atoms with Crippen molar-refractivity contribution in [2.75, 3.05) is 6.54 Å². The molecule has 3 aromatic heterocycles. The van der Waals surface area contributed by atoms with Crippen molar-refractivity contribution in [2.45, 2.75) is 45.7 Å². The van der Waals surface area contributed by atoms with Gasteiger partial charge < -0.3 is 9.67 Å². The fraction of sp³-hybridized carbons (Fsp3) is 0.471. The van der Waals surface area contributed by atoms with Crippen LogP contribution in [-0.4, -0.2) is 58.0 Å². The molecule has 0 saturated heterocycles. The first-order chi connectivity index (χ1) is 14.1. The summed E-state index contributed by atoms with van der Waals surface area (Å²) in [5, 5.41) is 14.6. The third-order valence-corrected chi connectivity index (χ3v) is 5.39. The van der Waals surface area contributed by atoms with Crippen molar-refractivity contribution in [2.24, 2.45) is 0 Å². The van der Waals surface area contributed by atoms with Gasteiger partial charge in [-0.2, -0.15) is 18.3 Å². The minimum atomic E-state index is -5.08. The van der Waals surface area contributed by atoms with Gasteiger partial charge in [-0.15, -0.1) is 11.3 Å². The number of aromatic nitrogens is 6. The molecule has 13 heteroatoms. The molecule has 3 aromatic rings. The number of fused-ring (bicyclic) bond motifs is 1. The van der Waals surface area contributed by atoms with E-state index in [9.17, 15) is 13.2 Å². The molecule has 1 aliphatic rings. The van der Waals surface area contributed by atoms with E-state index in [2.05, 4.69) is 48.7 Å². The van der Waals surface area contributed by atoms with E-state index >= 15 is 0 Å². The molecule has 0 aliphatic carbocycles. The lowest BCUT2D eigenvalue weighted by molar-refractivity contribution is -0.192. The van der Waals surface area contributed by atoms with Crippen molar-refractivity contribution >= 4 is 17.3 Å². The van der Waals surface area contributed by atoms with E-state index in [1.165, 1.54) is 5.69 Å². The number of carboxylic acid groups (broad SMARTS) is 1. The van der Waals surface area contributed by atoms with Gasteiger partial charge in [-0.1, -0.05) is 0 Å². The van der Waals surface area contributed by atoms with Crippen LogP contribution in [0.1, 0.15) is 35.2 Å². The zero-order chi connectivity index (χ0) is 21.9. The van der Waals surface area contributed by atoms with Crippen LogP contribution in [-0.2, 0) is 24.4 Å². The number of halogens is 3. The second-order valence-electron chi connectivity index (χ2n) is 6.66. The number of alkyl halides is 3. The molecular weight excluding hydrogens is 423 g/mol. The highest BCUT2D eigenvalue weighted by Crippen LogP contribution is 2.27. The van der Waals surface area contributed by atoms with Gasteiger partial charge in [-0.05, 0) is 13.8 Å². The van der Waals surface area contributed by atoms with Crippen LogP contribution >= 0.6 is 11.3 Å². The second-order valence-corrected chi connectivity index (χ2v) is 7.72. The Bertz CT molecular complexity index is 984. The van der Waals surface area contributed by atoms with Gasteiger partial charge in [-0.25, -0.2) is 24.4 Å². The molecule has 0 fully saturated rings. The molecule has 30 heavy (non-hydrogen) atoms. The maximum atomic E-state index is 10.6. The van der Waals surface area contributed by atoms with Crippen molar-refractivity contribution in [3.63, 3.8) is 0 Å². The Hall–Kier alpha value is -2.80. The number of aliphatic carboxylic acids is 1. The van der Waals surface area contributed by atoms with Gasteiger partial charge >= 0.3 is 12.1 Å². The number of carboxylic acids is 1. The average Bonchev–Trinajstić information content (AvgIpc) is 3.40. The number of nitrogens with zero attached hydrogens (tertiary/aromatic N) is 7. The lowest BCUT2D eigenvalue weighted by Crippen LogP contribution is -2.37. The highest BCUT2D eigenvalue weighted by Gasteiger charge is 2.38. The Balaban J connectivity index is 0.000000318. The Labute approximate surface area is 173 Å². The van der Waals surface area contributed by atoms with Crippen molar-refractivity contribution in [3.8, 4) is 0 Å². The number of aryl methyl sites for hydroxylation is 1. The first kappa shape index (κ1) is 21.9. The molecule has 1 N–H and O–H groups in total. The monoisotopic (exact) mass is 443 g/mol. The average molecular weight is 443 g/mol. The van der Waals surface area contributed by atoms with Gasteiger partial charge in [0.25, 0.3) is 0 Å². The van der Waals surface area contributed by atoms with Crippen molar-refractivity contribution in [3.05, 3.63) is 46.5 Å². The van der Waals surface area contributed by atoms with Crippen molar-refractivity contribution < 1.29 is 23.1 Å². The van der Waals surface area contributed by atoms with Gasteiger partial charge in [0.05, 0.1) is 35.2 Å². The van der Waals surface area contributed by atoms with Gasteiger partial charge in [0.1, 0.15) is 18.5 Å². The van der Waals surface area contributed by atoms with E-state index in [-0.39, 0.29) is 6.04 Å². The number of hydrogen-bond acceptors (Lipinski definition) is 7. The fourth-order valence-corrected chi connectivity index (χ4v) is 3.72. The largest absolute Gasteiger partial charge is 0.490 e. The number of thiazole rings is 1. The number of imidazole rings is 1. The normalized spacial score (nSPS) is 16.6. The van der Waals surface area contributed by atoms with E-state index in [1.807, 2.05) is 10.9 Å². The molecule has 0 bridgehead atoms. The minimum absolute atomic E-state index is 0.287. The van der Waals surface area contributed by atoms with E-state index in [0.29, 0.717) is 6.54 Å². The van der Waals surface area contributed by atoms with Crippen LogP contribution in [0.15, 0.2) is 24.2 Å². The Morgan fingerprint density at radius 3 is 2.63 bits per heavy atom. The molecule has 1 atom stereocenters. The Kier molecular flexibility index (Phi) is 6.51. The predicted molar refractivity (Wildman–Crippen MR) is 101 cm³/mol. The van der Waals surface area contributed by atoms with Crippen molar-refractivity contribution in [1.29, 1.82) is 0 Å². The summed E-state index contributed by atoms with van der Waals surface area (Å²) in [6.45, 7) is 7.83. The first-order valence-corrected chi connectivity index (χ1v) is 9.85. The molecule has 162 valence electrons. The second kappa shape index (κ2) is 8.92. The van der Waals surface area contributed by atoms with Crippen molar-refractivity contribution in [1.82, 2.24) is 34.2 Å². The summed E-state index contributed by atoms with van der Waals surface area (Å²) >= 11 is 1.71. The lowest BCUT2D eigenvalue weighted by atomic mass is 10.2. The highest BCUT2D eigenvalue weighted by atomic mass is 32.1. The molecule has 1 unspecified atom stereocenters. The highest BCUT2D eigenvalue weighted by molar-refractivity contribution is 7.09. The summed E-state index contributed by atoms with van der Waals surface area (Å²) in [5.41, 5.74) is 2.34. The quantitative estimate of drug-likeness (QED) is 0.661. The van der Waals surface area contributed by atoms with Crippen LogP contribution in [0.4, 0.5) is 13.2 Å². The molecule has 9 nitrogen and oxygen atoms in total. The summed E-state index contributed by atoms with van der Waals surface area (Å²) in [7, 11) is 0. The van der Waals surface area contributed by atoms with Crippen LogP contribution in [0, 0.1) is 6.92 Å². The molecule has 1 aliphatic heterocycles. The SMILES string of the molecule is Cc1nc(CN2CCn3c(Cn4cncn4)cnc3C2C)cs1.O=C(O)C(F)(F)F. The molecule has 0 aromatic carbocycles. The number of hydrogen-bond donors (Lipinski definition) is 1. The van der Waals surface area contributed by atoms with Gasteiger partial charge in [-0.3, -0.25) is 4.90 Å². The van der Waals surface area contributed by atoms with Crippen LogP contribution in [0.25, 0.3) is 0 Å². The van der Waals surface area contributed by atoms with E-state index < -0.39 is 12.1 Å². The Morgan fingerprint density at radius 2 is 2.07 bits per heavy atom. The molecule has 0 saturated carbocycles. The zero-order valence-electron chi connectivity index (χ0n) is 16.2. The molecule has 0 spiro atoms. The molecule has 4 heterocycles. The molecule has 0 radical (unpaired) electrons. The summed E-state index contributed by atoms with van der Waals surface area (Å²) in [6.07, 6.45) is 0.181. The lowest BCUT2D eigenvalue weighted by Gasteiger charge is -2.33.